The number of amides is 1. The molecule has 2 aliphatic rings. The molecule has 1 atom stereocenters. The molecule has 2 rings (SSSR count). The van der Waals surface area contributed by atoms with E-state index in [1.165, 1.54) is 38.8 Å². The molecule has 1 unspecified atom stereocenters. The lowest BCUT2D eigenvalue weighted by Gasteiger charge is -2.25. The SMILES string of the molecule is CCN(CC1CCCN1)C(=O)CCN1CCCC1. The zero-order valence-electron chi connectivity index (χ0n) is 11.7. The Kier molecular flexibility index (Phi) is 5.45. The highest BCUT2D eigenvalue weighted by atomic mass is 16.2. The van der Waals surface area contributed by atoms with Gasteiger partial charge in [-0.15, -0.1) is 0 Å². The molecule has 0 aromatic rings. The summed E-state index contributed by atoms with van der Waals surface area (Å²) in [6.45, 7) is 8.26. The Morgan fingerprint density at radius 1 is 1.33 bits per heavy atom. The van der Waals surface area contributed by atoms with Crippen LogP contribution in [-0.4, -0.2) is 61.0 Å². The van der Waals surface area contributed by atoms with Gasteiger partial charge in [-0.25, -0.2) is 0 Å². The first-order valence-electron chi connectivity index (χ1n) is 7.53. The molecule has 2 saturated heterocycles. The first-order chi connectivity index (χ1) is 8.79. The molecule has 0 aliphatic carbocycles. The molecule has 0 radical (unpaired) electrons. The van der Waals surface area contributed by atoms with Gasteiger partial charge in [-0.3, -0.25) is 4.79 Å². The molecule has 18 heavy (non-hydrogen) atoms. The van der Waals surface area contributed by atoms with Gasteiger partial charge in [-0.2, -0.15) is 0 Å². The normalized spacial score (nSPS) is 24.6. The van der Waals surface area contributed by atoms with Gasteiger partial charge >= 0.3 is 0 Å². The Balaban J connectivity index is 1.70. The van der Waals surface area contributed by atoms with Crippen molar-refractivity contribution in [2.45, 2.75) is 45.1 Å². The Hall–Kier alpha value is -0.610. The average molecular weight is 253 g/mol. The zero-order valence-corrected chi connectivity index (χ0v) is 11.7. The lowest BCUT2D eigenvalue weighted by molar-refractivity contribution is -0.131. The molecule has 4 nitrogen and oxygen atoms in total. The molecular formula is C14H27N3O. The van der Waals surface area contributed by atoms with Crippen LogP contribution in [0.3, 0.4) is 0 Å². The van der Waals surface area contributed by atoms with Crippen LogP contribution in [0.1, 0.15) is 39.0 Å². The number of nitrogens with one attached hydrogen (secondary N) is 1. The van der Waals surface area contributed by atoms with E-state index in [0.29, 0.717) is 18.4 Å². The third-order valence-corrected chi connectivity index (χ3v) is 4.18. The van der Waals surface area contributed by atoms with E-state index < -0.39 is 0 Å². The van der Waals surface area contributed by atoms with Gasteiger partial charge < -0.3 is 15.1 Å². The Morgan fingerprint density at radius 3 is 2.72 bits per heavy atom. The van der Waals surface area contributed by atoms with Crippen molar-refractivity contribution < 1.29 is 4.79 Å². The molecule has 2 fully saturated rings. The van der Waals surface area contributed by atoms with Crippen molar-refractivity contribution in [3.63, 3.8) is 0 Å². The molecule has 2 aliphatic heterocycles. The summed E-state index contributed by atoms with van der Waals surface area (Å²) in [5, 5.41) is 3.47. The minimum atomic E-state index is 0.332. The lowest BCUT2D eigenvalue weighted by atomic mass is 10.2. The molecule has 0 aromatic carbocycles. The second-order valence-electron chi connectivity index (χ2n) is 5.52. The number of carbonyl (C=O) groups excluding carboxylic acids is 1. The summed E-state index contributed by atoms with van der Waals surface area (Å²) in [5.74, 6) is 0.332. The maximum Gasteiger partial charge on any atom is 0.223 e. The number of likely N-dealkylation sites (tertiary alicyclic amines) is 1. The van der Waals surface area contributed by atoms with E-state index in [0.717, 1.165) is 26.2 Å². The van der Waals surface area contributed by atoms with E-state index in [1.54, 1.807) is 0 Å². The minimum Gasteiger partial charge on any atom is -0.341 e. The summed E-state index contributed by atoms with van der Waals surface area (Å²) in [5.41, 5.74) is 0. The Morgan fingerprint density at radius 2 is 2.11 bits per heavy atom. The topological polar surface area (TPSA) is 35.6 Å². The predicted molar refractivity (Wildman–Crippen MR) is 73.6 cm³/mol. The van der Waals surface area contributed by atoms with E-state index >= 15 is 0 Å². The number of rotatable bonds is 6. The van der Waals surface area contributed by atoms with Crippen LogP contribution in [0, 0.1) is 0 Å². The van der Waals surface area contributed by atoms with Crippen molar-refractivity contribution in [2.24, 2.45) is 0 Å². The standard InChI is InChI=1S/C14H27N3O/c1-2-17(12-13-6-5-8-15-13)14(18)7-11-16-9-3-4-10-16/h13,15H,2-12H2,1H3. The van der Waals surface area contributed by atoms with Gasteiger partial charge in [-0.05, 0) is 52.2 Å². The maximum absolute atomic E-state index is 12.2. The quantitative estimate of drug-likeness (QED) is 0.769. The fourth-order valence-corrected chi connectivity index (χ4v) is 3.00. The van der Waals surface area contributed by atoms with Crippen molar-refractivity contribution in [3.05, 3.63) is 0 Å². The summed E-state index contributed by atoms with van der Waals surface area (Å²) in [6, 6.07) is 0.528. The maximum atomic E-state index is 12.2. The first-order valence-corrected chi connectivity index (χ1v) is 7.53. The van der Waals surface area contributed by atoms with Gasteiger partial charge in [0.15, 0.2) is 0 Å². The number of carbonyl (C=O) groups is 1. The molecule has 0 saturated carbocycles. The monoisotopic (exact) mass is 253 g/mol. The molecule has 1 amide bonds. The van der Waals surface area contributed by atoms with Gasteiger partial charge in [0.25, 0.3) is 0 Å². The summed E-state index contributed by atoms with van der Waals surface area (Å²) in [4.78, 5) is 16.6. The number of nitrogens with zero attached hydrogens (tertiary/aromatic N) is 2. The lowest BCUT2D eigenvalue weighted by Crippen LogP contribution is -2.41. The Labute approximate surface area is 111 Å². The largest absolute Gasteiger partial charge is 0.341 e. The van der Waals surface area contributed by atoms with Gasteiger partial charge in [-0.1, -0.05) is 0 Å². The molecule has 4 heteroatoms. The first kappa shape index (κ1) is 13.8. The van der Waals surface area contributed by atoms with Crippen molar-refractivity contribution in [2.75, 3.05) is 39.3 Å². The average Bonchev–Trinajstić information content (AvgIpc) is 3.06. The fraction of sp³-hybridized carbons (Fsp3) is 0.929. The summed E-state index contributed by atoms with van der Waals surface area (Å²) in [6.07, 6.45) is 5.77. The fourth-order valence-electron chi connectivity index (χ4n) is 3.00. The highest BCUT2D eigenvalue weighted by Gasteiger charge is 2.21. The van der Waals surface area contributed by atoms with Crippen LogP contribution in [0.15, 0.2) is 0 Å². The molecule has 0 spiro atoms. The Bertz CT molecular complexity index is 258. The molecular weight excluding hydrogens is 226 g/mol. The van der Waals surface area contributed by atoms with Crippen LogP contribution in [0.25, 0.3) is 0 Å². The van der Waals surface area contributed by atoms with Crippen molar-refractivity contribution in [3.8, 4) is 0 Å². The smallest absolute Gasteiger partial charge is 0.223 e. The summed E-state index contributed by atoms with van der Waals surface area (Å²) < 4.78 is 0. The van der Waals surface area contributed by atoms with Crippen LogP contribution in [0.2, 0.25) is 0 Å². The highest BCUT2D eigenvalue weighted by Crippen LogP contribution is 2.10. The summed E-state index contributed by atoms with van der Waals surface area (Å²) in [7, 11) is 0. The third kappa shape index (κ3) is 3.95. The van der Waals surface area contributed by atoms with E-state index in [1.807, 2.05) is 4.90 Å². The number of hydrogen-bond acceptors (Lipinski definition) is 3. The van der Waals surface area contributed by atoms with Crippen LogP contribution in [-0.2, 0) is 4.79 Å². The molecule has 0 bridgehead atoms. The molecule has 0 aromatic heterocycles. The highest BCUT2D eigenvalue weighted by molar-refractivity contribution is 5.76. The van der Waals surface area contributed by atoms with E-state index in [4.69, 9.17) is 0 Å². The van der Waals surface area contributed by atoms with Crippen molar-refractivity contribution >= 4 is 5.91 Å². The molecule has 2 heterocycles. The van der Waals surface area contributed by atoms with E-state index in [-0.39, 0.29) is 0 Å². The van der Waals surface area contributed by atoms with Crippen LogP contribution in [0.4, 0.5) is 0 Å². The zero-order chi connectivity index (χ0) is 12.8. The number of hydrogen-bond donors (Lipinski definition) is 1. The van der Waals surface area contributed by atoms with E-state index in [9.17, 15) is 4.79 Å². The number of likely N-dealkylation sites (N-methyl/N-ethyl adjacent to an activating group) is 1. The molecule has 1 N–H and O–H groups in total. The van der Waals surface area contributed by atoms with Crippen LogP contribution < -0.4 is 5.32 Å². The van der Waals surface area contributed by atoms with E-state index in [2.05, 4.69) is 17.1 Å². The van der Waals surface area contributed by atoms with Crippen molar-refractivity contribution in [1.29, 1.82) is 0 Å². The summed E-state index contributed by atoms with van der Waals surface area (Å²) >= 11 is 0. The van der Waals surface area contributed by atoms with Crippen LogP contribution in [0.5, 0.6) is 0 Å². The van der Waals surface area contributed by atoms with Crippen LogP contribution >= 0.6 is 0 Å². The van der Waals surface area contributed by atoms with Gasteiger partial charge in [0.1, 0.15) is 0 Å². The second-order valence-corrected chi connectivity index (χ2v) is 5.52. The third-order valence-electron chi connectivity index (χ3n) is 4.18. The predicted octanol–water partition coefficient (Wildman–Crippen LogP) is 1.07. The minimum absolute atomic E-state index is 0.332. The molecule has 104 valence electrons. The van der Waals surface area contributed by atoms with Crippen molar-refractivity contribution in [1.82, 2.24) is 15.1 Å². The van der Waals surface area contributed by atoms with Gasteiger partial charge in [0.05, 0.1) is 0 Å². The van der Waals surface area contributed by atoms with Gasteiger partial charge in [0.2, 0.25) is 5.91 Å². The second kappa shape index (κ2) is 7.10. The van der Waals surface area contributed by atoms with Gasteiger partial charge in [0, 0.05) is 32.1 Å².